The molecule has 0 heterocycles. The number of hydrogen-bond acceptors (Lipinski definition) is 4. The Balaban J connectivity index is 3.26. The third-order valence-corrected chi connectivity index (χ3v) is 4.83. The smallest absolute Gasteiger partial charge is 0.408 e. The molecule has 1 aromatic carbocycles. The topological polar surface area (TPSA) is 87.7 Å². The van der Waals surface area contributed by atoms with Crippen LogP contribution in [0.5, 0.6) is 0 Å². The summed E-state index contributed by atoms with van der Waals surface area (Å²) in [5.74, 6) is -0.549. The molecule has 1 atom stereocenters. The molecule has 0 spiro atoms. The van der Waals surface area contributed by atoms with E-state index < -0.39 is 17.7 Å². The van der Waals surface area contributed by atoms with E-state index in [2.05, 4.69) is 17.6 Å². The van der Waals surface area contributed by atoms with Gasteiger partial charge in [-0.1, -0.05) is 43.5 Å². The molecule has 7 heteroatoms. The van der Waals surface area contributed by atoms with Gasteiger partial charge in [0.05, 0.1) is 0 Å². The average Bonchev–Trinajstić information content (AvgIpc) is 2.66. The van der Waals surface area contributed by atoms with E-state index in [1.165, 1.54) is 0 Å². The van der Waals surface area contributed by atoms with Crippen molar-refractivity contribution < 1.29 is 19.1 Å². The number of unbranched alkanes of at least 4 members (excludes halogenated alkanes) is 2. The maximum atomic E-state index is 13.3. The summed E-state index contributed by atoms with van der Waals surface area (Å²) in [6.45, 7) is 15.3. The Morgan fingerprint density at radius 1 is 1.09 bits per heavy atom. The van der Waals surface area contributed by atoms with Crippen LogP contribution in [0, 0.1) is 13.8 Å². The van der Waals surface area contributed by atoms with E-state index in [-0.39, 0.29) is 24.4 Å². The zero-order valence-corrected chi connectivity index (χ0v) is 21.0. The van der Waals surface area contributed by atoms with Crippen molar-refractivity contribution >= 4 is 17.9 Å². The van der Waals surface area contributed by atoms with Crippen molar-refractivity contribution in [1.82, 2.24) is 15.5 Å². The highest BCUT2D eigenvalue weighted by atomic mass is 16.6. The van der Waals surface area contributed by atoms with Gasteiger partial charge in [-0.15, -0.1) is 0 Å². The minimum absolute atomic E-state index is 0.0670. The summed E-state index contributed by atoms with van der Waals surface area (Å²) >= 11 is 0. The lowest BCUT2D eigenvalue weighted by atomic mass is 9.96. The molecule has 7 nitrogen and oxygen atoms in total. The first kappa shape index (κ1) is 27.5. The van der Waals surface area contributed by atoms with E-state index in [0.29, 0.717) is 6.54 Å². The van der Waals surface area contributed by atoms with Crippen molar-refractivity contribution in [2.24, 2.45) is 0 Å². The summed E-state index contributed by atoms with van der Waals surface area (Å²) in [6.07, 6.45) is 2.04. The van der Waals surface area contributed by atoms with Gasteiger partial charge >= 0.3 is 6.09 Å². The fraction of sp³-hybridized carbons (Fsp3) is 0.640. The van der Waals surface area contributed by atoms with Crippen molar-refractivity contribution in [2.45, 2.75) is 92.3 Å². The Bertz CT molecular complexity index is 784. The normalized spacial score (nSPS) is 12.3. The van der Waals surface area contributed by atoms with E-state index in [9.17, 15) is 14.4 Å². The zero-order chi connectivity index (χ0) is 24.5. The summed E-state index contributed by atoms with van der Waals surface area (Å²) in [5, 5.41) is 5.50. The molecule has 32 heavy (non-hydrogen) atoms. The molecule has 0 aromatic heterocycles. The molecule has 0 bridgehead atoms. The van der Waals surface area contributed by atoms with Crippen LogP contribution < -0.4 is 10.6 Å². The number of carbonyl (C=O) groups excluding carboxylic acids is 3. The third-order valence-electron chi connectivity index (χ3n) is 4.83. The highest BCUT2D eigenvalue weighted by molar-refractivity contribution is 5.90. The van der Waals surface area contributed by atoms with Crippen LogP contribution in [0.15, 0.2) is 18.2 Å². The van der Waals surface area contributed by atoms with Gasteiger partial charge in [0.2, 0.25) is 11.8 Å². The molecule has 0 fully saturated rings. The largest absolute Gasteiger partial charge is 0.444 e. The zero-order valence-electron chi connectivity index (χ0n) is 21.0. The lowest BCUT2D eigenvalue weighted by molar-refractivity contribution is -0.140. The Labute approximate surface area is 193 Å². The highest BCUT2D eigenvalue weighted by Crippen LogP contribution is 2.26. The van der Waals surface area contributed by atoms with Crippen LogP contribution in [0.1, 0.15) is 83.5 Å². The molecule has 0 aliphatic heterocycles. The van der Waals surface area contributed by atoms with E-state index in [0.717, 1.165) is 36.0 Å². The van der Waals surface area contributed by atoms with E-state index >= 15 is 0 Å². The van der Waals surface area contributed by atoms with E-state index in [1.807, 2.05) is 45.9 Å². The minimum Gasteiger partial charge on any atom is -0.444 e. The number of alkyl carbamates (subject to hydrolysis) is 1. The first-order valence-corrected chi connectivity index (χ1v) is 11.5. The number of nitrogens with zero attached hydrogens (tertiary/aromatic N) is 1. The second-order valence-electron chi connectivity index (χ2n) is 9.58. The first-order chi connectivity index (χ1) is 14.9. The molecule has 0 aliphatic rings. The fourth-order valence-corrected chi connectivity index (χ4v) is 3.36. The van der Waals surface area contributed by atoms with Gasteiger partial charge in [-0.05, 0) is 66.0 Å². The number of amides is 3. The number of hydrogen-bond donors (Lipinski definition) is 2. The van der Waals surface area contributed by atoms with Gasteiger partial charge in [0.1, 0.15) is 18.2 Å². The van der Waals surface area contributed by atoms with Crippen molar-refractivity contribution in [3.63, 3.8) is 0 Å². The summed E-state index contributed by atoms with van der Waals surface area (Å²) in [4.78, 5) is 40.3. The lowest BCUT2D eigenvalue weighted by Gasteiger charge is -2.33. The standard InChI is InChI=1S/C25H41N3O4/c1-9-10-11-14-28(21(29)16-26-24(31)32-25(6,7)8)22(23(30)27-17(2)3)20-15-18(4)12-13-19(20)5/h12-13,15,17,22H,9-11,14,16H2,1-8H3,(H,26,31)(H,27,30). The van der Waals surface area contributed by atoms with Crippen molar-refractivity contribution in [1.29, 1.82) is 0 Å². The quantitative estimate of drug-likeness (QED) is 0.520. The molecule has 1 aromatic rings. The van der Waals surface area contributed by atoms with Gasteiger partial charge in [-0.3, -0.25) is 9.59 Å². The second-order valence-corrected chi connectivity index (χ2v) is 9.58. The average molecular weight is 448 g/mol. The van der Waals surface area contributed by atoms with Crippen LogP contribution in [0.25, 0.3) is 0 Å². The van der Waals surface area contributed by atoms with Crippen LogP contribution in [0.2, 0.25) is 0 Å². The van der Waals surface area contributed by atoms with Crippen LogP contribution in [-0.4, -0.2) is 47.5 Å². The third kappa shape index (κ3) is 9.28. The monoisotopic (exact) mass is 447 g/mol. The Hall–Kier alpha value is -2.57. The van der Waals surface area contributed by atoms with Gasteiger partial charge in [-0.25, -0.2) is 4.79 Å². The number of benzene rings is 1. The summed E-state index contributed by atoms with van der Waals surface area (Å²) in [5.41, 5.74) is 2.09. The highest BCUT2D eigenvalue weighted by Gasteiger charge is 2.33. The summed E-state index contributed by atoms with van der Waals surface area (Å²) in [7, 11) is 0. The van der Waals surface area contributed by atoms with Gasteiger partial charge in [0.25, 0.3) is 0 Å². The molecule has 0 saturated heterocycles. The van der Waals surface area contributed by atoms with Gasteiger partial charge in [-0.2, -0.15) is 0 Å². The number of aryl methyl sites for hydroxylation is 2. The molecule has 1 rings (SSSR count). The van der Waals surface area contributed by atoms with Crippen LogP contribution >= 0.6 is 0 Å². The predicted octanol–water partition coefficient (Wildman–Crippen LogP) is 4.41. The van der Waals surface area contributed by atoms with Crippen LogP contribution in [0.3, 0.4) is 0 Å². The molecule has 180 valence electrons. The SMILES string of the molecule is CCCCCN(C(=O)CNC(=O)OC(C)(C)C)C(C(=O)NC(C)C)c1cc(C)ccc1C. The lowest BCUT2D eigenvalue weighted by Crippen LogP contribution is -2.49. The van der Waals surface area contributed by atoms with Crippen molar-refractivity contribution in [2.75, 3.05) is 13.1 Å². The minimum atomic E-state index is -0.776. The van der Waals surface area contributed by atoms with Gasteiger partial charge < -0.3 is 20.3 Å². The molecule has 2 N–H and O–H groups in total. The fourth-order valence-electron chi connectivity index (χ4n) is 3.36. The van der Waals surface area contributed by atoms with Crippen LogP contribution in [-0.2, 0) is 14.3 Å². The Morgan fingerprint density at radius 2 is 1.75 bits per heavy atom. The molecule has 0 aliphatic carbocycles. The van der Waals surface area contributed by atoms with E-state index in [4.69, 9.17) is 4.74 Å². The summed E-state index contributed by atoms with van der Waals surface area (Å²) < 4.78 is 5.25. The number of nitrogens with one attached hydrogen (secondary N) is 2. The van der Waals surface area contributed by atoms with Crippen molar-refractivity contribution in [3.05, 3.63) is 34.9 Å². The first-order valence-electron chi connectivity index (χ1n) is 11.5. The van der Waals surface area contributed by atoms with Crippen molar-refractivity contribution in [3.8, 4) is 0 Å². The number of carbonyl (C=O) groups is 3. The maximum Gasteiger partial charge on any atom is 0.408 e. The Kier molecular flexibility index (Phi) is 10.7. The van der Waals surface area contributed by atoms with Gasteiger partial charge in [0.15, 0.2) is 0 Å². The second kappa shape index (κ2) is 12.5. The molecular weight excluding hydrogens is 406 g/mol. The van der Waals surface area contributed by atoms with Crippen LogP contribution in [0.4, 0.5) is 4.79 Å². The number of ether oxygens (including phenoxy) is 1. The molecular formula is C25H41N3O4. The Morgan fingerprint density at radius 3 is 2.31 bits per heavy atom. The van der Waals surface area contributed by atoms with E-state index in [1.54, 1.807) is 25.7 Å². The maximum absolute atomic E-state index is 13.3. The molecule has 3 amide bonds. The molecule has 1 unspecified atom stereocenters. The molecule has 0 radical (unpaired) electrons. The van der Waals surface area contributed by atoms with Gasteiger partial charge in [0, 0.05) is 12.6 Å². The number of rotatable bonds is 10. The predicted molar refractivity (Wildman–Crippen MR) is 127 cm³/mol. The molecule has 0 saturated carbocycles. The summed E-state index contributed by atoms with van der Waals surface area (Å²) in [6, 6.07) is 5.07.